The maximum absolute atomic E-state index is 12.1. The molecule has 0 saturated heterocycles. The van der Waals surface area contributed by atoms with Crippen LogP contribution in [0.15, 0.2) is 29.2 Å². The Hall–Kier alpha value is -0.710. The Morgan fingerprint density at radius 2 is 2.05 bits per heavy atom. The van der Waals surface area contributed by atoms with E-state index in [1.165, 1.54) is 12.8 Å². The predicted molar refractivity (Wildman–Crippen MR) is 88.7 cm³/mol. The zero-order valence-corrected chi connectivity index (χ0v) is 13.4. The van der Waals surface area contributed by atoms with E-state index in [1.54, 1.807) is 11.8 Å². The number of carbonyl (C=O) groups excluding carboxylic acids is 1. The normalized spacial score (nSPS) is 21.9. The zero-order valence-electron chi connectivity index (χ0n) is 11.8. The minimum atomic E-state index is 0. The van der Waals surface area contributed by atoms with Gasteiger partial charge in [0.25, 0.3) is 0 Å². The summed E-state index contributed by atoms with van der Waals surface area (Å²) < 4.78 is 0. The van der Waals surface area contributed by atoms with Crippen molar-refractivity contribution in [3.05, 3.63) is 24.3 Å². The molecule has 1 aliphatic rings. The number of thioether (sulfide) groups is 1. The minimum absolute atomic E-state index is 0. The highest BCUT2D eigenvalue weighted by Gasteiger charge is 2.24. The second-order valence-electron chi connectivity index (χ2n) is 5.16. The molecule has 0 spiro atoms. The fraction of sp³-hybridized carbons (Fsp3) is 0.533. The largest absolute Gasteiger partial charge is 0.327 e. The van der Waals surface area contributed by atoms with Gasteiger partial charge in [-0.1, -0.05) is 25.0 Å². The van der Waals surface area contributed by atoms with Crippen molar-refractivity contribution in [2.75, 3.05) is 11.6 Å². The van der Waals surface area contributed by atoms with Gasteiger partial charge < -0.3 is 11.1 Å². The number of nitrogens with one attached hydrogen (secondary N) is 1. The quantitative estimate of drug-likeness (QED) is 0.834. The smallest absolute Gasteiger partial charge is 0.224 e. The van der Waals surface area contributed by atoms with Gasteiger partial charge in [-0.3, -0.25) is 4.79 Å². The van der Waals surface area contributed by atoms with Crippen LogP contribution in [0.3, 0.4) is 0 Å². The Bertz CT molecular complexity index is 442. The number of anilines is 1. The van der Waals surface area contributed by atoms with Crippen LogP contribution in [-0.2, 0) is 4.79 Å². The molecule has 0 heterocycles. The first-order valence-corrected chi connectivity index (χ1v) is 8.11. The molecule has 1 saturated carbocycles. The summed E-state index contributed by atoms with van der Waals surface area (Å²) in [5.41, 5.74) is 7.00. The van der Waals surface area contributed by atoms with Gasteiger partial charge in [0.15, 0.2) is 0 Å². The van der Waals surface area contributed by atoms with Gasteiger partial charge in [-0.15, -0.1) is 24.2 Å². The summed E-state index contributed by atoms with van der Waals surface area (Å²) in [6.07, 6.45) is 7.10. The Balaban J connectivity index is 0.00000200. The molecule has 5 heteroatoms. The van der Waals surface area contributed by atoms with Crippen molar-refractivity contribution in [1.29, 1.82) is 0 Å². The molecule has 1 aliphatic carbocycles. The summed E-state index contributed by atoms with van der Waals surface area (Å²) in [5, 5.41) is 3.01. The van der Waals surface area contributed by atoms with Gasteiger partial charge in [0, 0.05) is 17.4 Å². The molecule has 3 nitrogen and oxygen atoms in total. The second kappa shape index (κ2) is 8.55. The Kier molecular flexibility index (Phi) is 7.41. The molecule has 1 amide bonds. The van der Waals surface area contributed by atoms with Gasteiger partial charge >= 0.3 is 0 Å². The maximum Gasteiger partial charge on any atom is 0.224 e. The van der Waals surface area contributed by atoms with E-state index >= 15 is 0 Å². The lowest BCUT2D eigenvalue weighted by Crippen LogP contribution is -2.35. The molecular formula is C15H23ClN2OS. The van der Waals surface area contributed by atoms with E-state index in [-0.39, 0.29) is 24.4 Å². The first kappa shape index (κ1) is 17.3. The van der Waals surface area contributed by atoms with Gasteiger partial charge in [0.2, 0.25) is 5.91 Å². The number of hydrogen-bond donors (Lipinski definition) is 2. The summed E-state index contributed by atoms with van der Waals surface area (Å²) in [6, 6.07) is 8.09. The summed E-state index contributed by atoms with van der Waals surface area (Å²) in [7, 11) is 0. The maximum atomic E-state index is 12.1. The van der Waals surface area contributed by atoms with Gasteiger partial charge in [0.1, 0.15) is 0 Å². The zero-order chi connectivity index (χ0) is 13.7. The lowest BCUT2D eigenvalue weighted by Gasteiger charge is -2.28. The van der Waals surface area contributed by atoms with Crippen molar-refractivity contribution >= 4 is 35.8 Å². The van der Waals surface area contributed by atoms with E-state index in [9.17, 15) is 4.79 Å². The number of nitrogens with two attached hydrogens (primary N) is 1. The highest BCUT2D eigenvalue weighted by molar-refractivity contribution is 7.98. The van der Waals surface area contributed by atoms with E-state index in [4.69, 9.17) is 5.73 Å². The van der Waals surface area contributed by atoms with E-state index in [0.717, 1.165) is 23.4 Å². The molecule has 20 heavy (non-hydrogen) atoms. The predicted octanol–water partition coefficient (Wildman–Crippen LogP) is 3.68. The third-order valence-electron chi connectivity index (χ3n) is 3.80. The molecule has 1 aromatic rings. The van der Waals surface area contributed by atoms with E-state index in [0.29, 0.717) is 12.3 Å². The first-order chi connectivity index (χ1) is 9.20. The van der Waals surface area contributed by atoms with Crippen LogP contribution in [0.2, 0.25) is 0 Å². The number of halogens is 1. The van der Waals surface area contributed by atoms with Crippen molar-refractivity contribution in [3.63, 3.8) is 0 Å². The fourth-order valence-electron chi connectivity index (χ4n) is 2.68. The molecule has 112 valence electrons. The van der Waals surface area contributed by atoms with Crippen LogP contribution < -0.4 is 11.1 Å². The van der Waals surface area contributed by atoms with Gasteiger partial charge in [-0.25, -0.2) is 0 Å². The number of amides is 1. The van der Waals surface area contributed by atoms with Crippen LogP contribution in [0.1, 0.15) is 32.1 Å². The summed E-state index contributed by atoms with van der Waals surface area (Å²) in [6.45, 7) is 0. The molecule has 1 aromatic carbocycles. The number of benzene rings is 1. The standard InChI is InChI=1S/C15H22N2OS.ClH/c1-19-14-9-5-4-8-13(14)17-15(18)10-11-6-2-3-7-12(11)16;/h4-5,8-9,11-12H,2-3,6-7,10,16H2,1H3,(H,17,18);1H. The average Bonchev–Trinajstić information content (AvgIpc) is 2.42. The van der Waals surface area contributed by atoms with Gasteiger partial charge in [-0.05, 0) is 37.1 Å². The molecule has 0 aliphatic heterocycles. The summed E-state index contributed by atoms with van der Waals surface area (Å²) in [4.78, 5) is 13.2. The third kappa shape index (κ3) is 4.69. The van der Waals surface area contributed by atoms with Crippen LogP contribution in [0.25, 0.3) is 0 Å². The molecule has 2 rings (SSSR count). The van der Waals surface area contributed by atoms with Crippen LogP contribution in [0.5, 0.6) is 0 Å². The van der Waals surface area contributed by atoms with Crippen LogP contribution >= 0.6 is 24.2 Å². The summed E-state index contributed by atoms with van der Waals surface area (Å²) in [5.74, 6) is 0.430. The average molecular weight is 315 g/mol. The van der Waals surface area contributed by atoms with Crippen molar-refractivity contribution < 1.29 is 4.79 Å². The van der Waals surface area contributed by atoms with Crippen molar-refractivity contribution in [3.8, 4) is 0 Å². The van der Waals surface area contributed by atoms with E-state index < -0.39 is 0 Å². The minimum Gasteiger partial charge on any atom is -0.327 e. The molecule has 0 bridgehead atoms. The molecule has 3 N–H and O–H groups in total. The third-order valence-corrected chi connectivity index (χ3v) is 4.59. The van der Waals surface area contributed by atoms with E-state index in [1.807, 2.05) is 30.5 Å². The molecule has 0 radical (unpaired) electrons. The van der Waals surface area contributed by atoms with Crippen molar-refractivity contribution in [2.24, 2.45) is 11.7 Å². The molecule has 2 unspecified atom stereocenters. The number of carbonyl (C=O) groups is 1. The lowest BCUT2D eigenvalue weighted by molar-refractivity contribution is -0.117. The molecule has 1 fully saturated rings. The Labute approximate surface area is 131 Å². The van der Waals surface area contributed by atoms with Crippen LogP contribution in [0.4, 0.5) is 5.69 Å². The fourth-order valence-corrected chi connectivity index (χ4v) is 3.23. The van der Waals surface area contributed by atoms with Gasteiger partial charge in [0.05, 0.1) is 5.69 Å². The Morgan fingerprint density at radius 1 is 1.35 bits per heavy atom. The summed E-state index contributed by atoms with van der Waals surface area (Å²) >= 11 is 1.64. The van der Waals surface area contributed by atoms with Crippen LogP contribution in [-0.4, -0.2) is 18.2 Å². The topological polar surface area (TPSA) is 55.1 Å². The van der Waals surface area contributed by atoms with E-state index in [2.05, 4.69) is 5.32 Å². The molecule has 0 aromatic heterocycles. The molecular weight excluding hydrogens is 292 g/mol. The highest BCUT2D eigenvalue weighted by Crippen LogP contribution is 2.28. The number of hydrogen-bond acceptors (Lipinski definition) is 3. The number of rotatable bonds is 4. The molecule has 2 atom stereocenters. The lowest BCUT2D eigenvalue weighted by atomic mass is 9.83. The van der Waals surface area contributed by atoms with Crippen molar-refractivity contribution in [1.82, 2.24) is 0 Å². The van der Waals surface area contributed by atoms with Gasteiger partial charge in [-0.2, -0.15) is 0 Å². The second-order valence-corrected chi connectivity index (χ2v) is 6.01. The highest BCUT2D eigenvalue weighted by atomic mass is 35.5. The van der Waals surface area contributed by atoms with Crippen LogP contribution in [0, 0.1) is 5.92 Å². The Morgan fingerprint density at radius 3 is 2.75 bits per heavy atom. The van der Waals surface area contributed by atoms with Crippen molar-refractivity contribution in [2.45, 2.75) is 43.0 Å². The first-order valence-electron chi connectivity index (χ1n) is 6.89. The SMILES string of the molecule is CSc1ccccc1NC(=O)CC1CCCCC1N.Cl. The monoisotopic (exact) mass is 314 g/mol. The number of para-hydroxylation sites is 1.